The SMILES string of the molecule is Cc1nc2c(C(N)=O)cc(-c3ccnc(F)c3F)cc2n1-c1ccnc2c(F)ccc(F)c12.Cc1nc2c(C(N)=O)cc(-c3ccnc(N)c3F)cc2n1-c1ccnc2c(F)ccc(F)c12. The van der Waals surface area contributed by atoms with Crippen molar-refractivity contribution < 1.29 is 40.3 Å². The van der Waals surface area contributed by atoms with Crippen LogP contribution in [0, 0.1) is 54.7 Å². The number of halogens is 7. The average Bonchev–Trinajstić information content (AvgIpc) is 3.81. The molecule has 0 radical (unpaired) electrons. The van der Waals surface area contributed by atoms with Crippen LogP contribution in [0.2, 0.25) is 0 Å². The summed E-state index contributed by atoms with van der Waals surface area (Å²) in [4.78, 5) is 48.1. The average molecular weight is 900 g/mol. The molecule has 0 atom stereocenters. The van der Waals surface area contributed by atoms with Crippen molar-refractivity contribution in [3.63, 3.8) is 0 Å². The molecule has 0 aliphatic rings. The van der Waals surface area contributed by atoms with E-state index < -0.39 is 52.7 Å². The number of anilines is 1. The number of nitrogen functional groups attached to an aromatic ring is 1. The van der Waals surface area contributed by atoms with Gasteiger partial charge in [0, 0.05) is 35.9 Å². The van der Waals surface area contributed by atoms with E-state index in [2.05, 4.69) is 29.9 Å². The van der Waals surface area contributed by atoms with Gasteiger partial charge in [-0.3, -0.25) is 28.7 Å². The largest absolute Gasteiger partial charge is 0.381 e. The number of benzene rings is 4. The number of nitrogens with two attached hydrogens (primary N) is 3. The highest BCUT2D eigenvalue weighted by Gasteiger charge is 2.24. The van der Waals surface area contributed by atoms with Gasteiger partial charge in [-0.15, -0.1) is 0 Å². The van der Waals surface area contributed by atoms with Gasteiger partial charge in [0.05, 0.1) is 44.3 Å². The Morgan fingerprint density at radius 1 is 0.500 bits per heavy atom. The van der Waals surface area contributed by atoms with E-state index in [0.29, 0.717) is 17.2 Å². The number of aromatic nitrogens is 8. The number of aryl methyl sites for hydroxylation is 2. The first-order valence-electron chi connectivity index (χ1n) is 19.4. The van der Waals surface area contributed by atoms with Gasteiger partial charge in [-0.25, -0.2) is 46.3 Å². The molecule has 6 aromatic heterocycles. The summed E-state index contributed by atoms with van der Waals surface area (Å²) < 4.78 is 104. The van der Waals surface area contributed by atoms with E-state index in [1.807, 2.05) is 0 Å². The summed E-state index contributed by atoms with van der Waals surface area (Å²) in [6, 6.07) is 15.3. The van der Waals surface area contributed by atoms with Crippen LogP contribution in [-0.4, -0.2) is 50.9 Å². The van der Waals surface area contributed by atoms with Gasteiger partial charge < -0.3 is 17.2 Å². The Labute approximate surface area is 366 Å². The van der Waals surface area contributed by atoms with Crippen molar-refractivity contribution in [2.24, 2.45) is 11.5 Å². The van der Waals surface area contributed by atoms with Gasteiger partial charge in [-0.2, -0.15) is 4.39 Å². The van der Waals surface area contributed by atoms with E-state index in [9.17, 15) is 40.3 Å². The summed E-state index contributed by atoms with van der Waals surface area (Å²) in [5.74, 6) is -7.35. The second-order valence-electron chi connectivity index (χ2n) is 14.7. The maximum atomic E-state index is 14.8. The number of rotatable bonds is 6. The summed E-state index contributed by atoms with van der Waals surface area (Å²) in [7, 11) is 0. The molecule has 13 nitrogen and oxygen atoms in total. The number of nitrogens with zero attached hydrogens (tertiary/aromatic N) is 8. The molecule has 0 aliphatic heterocycles. The zero-order chi connectivity index (χ0) is 46.9. The minimum absolute atomic E-state index is 0.0316. The first kappa shape index (κ1) is 42.5. The number of hydrogen-bond acceptors (Lipinski definition) is 9. The van der Waals surface area contributed by atoms with Crippen LogP contribution < -0.4 is 17.2 Å². The third-order valence-electron chi connectivity index (χ3n) is 10.8. The fourth-order valence-corrected chi connectivity index (χ4v) is 7.93. The number of fused-ring (bicyclic) bond motifs is 4. The molecular weight excluding hydrogens is 872 g/mol. The number of amides is 2. The van der Waals surface area contributed by atoms with Crippen LogP contribution in [0.3, 0.4) is 0 Å². The topological polar surface area (TPSA) is 199 Å². The molecule has 0 bridgehead atoms. The maximum absolute atomic E-state index is 14.8. The molecule has 0 aliphatic carbocycles. The van der Waals surface area contributed by atoms with Crippen LogP contribution in [0.5, 0.6) is 0 Å². The third kappa shape index (κ3) is 6.91. The Bertz CT molecular complexity index is 3470. The van der Waals surface area contributed by atoms with Crippen LogP contribution >= 0.6 is 0 Å². The molecule has 66 heavy (non-hydrogen) atoms. The van der Waals surface area contributed by atoms with Crippen molar-refractivity contribution in [1.82, 2.24) is 39.0 Å². The van der Waals surface area contributed by atoms with Crippen molar-refractivity contribution in [3.8, 4) is 33.6 Å². The highest BCUT2D eigenvalue weighted by Crippen LogP contribution is 2.37. The number of carbonyl (C=O) groups excluding carboxylic acids is 2. The lowest BCUT2D eigenvalue weighted by Gasteiger charge is -2.13. The van der Waals surface area contributed by atoms with Gasteiger partial charge in [-0.05, 0) is 97.8 Å². The smallest absolute Gasteiger partial charge is 0.250 e. The monoisotopic (exact) mass is 899 g/mol. The van der Waals surface area contributed by atoms with Crippen LogP contribution in [0.15, 0.2) is 97.6 Å². The zero-order valence-corrected chi connectivity index (χ0v) is 34.0. The molecule has 10 rings (SSSR count). The fourth-order valence-electron chi connectivity index (χ4n) is 7.93. The van der Waals surface area contributed by atoms with E-state index in [4.69, 9.17) is 17.2 Å². The Kier molecular flexibility index (Phi) is 10.3. The van der Waals surface area contributed by atoms with Gasteiger partial charge in [0.2, 0.25) is 5.95 Å². The van der Waals surface area contributed by atoms with Gasteiger partial charge in [-0.1, -0.05) is 0 Å². The molecule has 0 spiro atoms. The molecule has 328 valence electrons. The van der Waals surface area contributed by atoms with E-state index >= 15 is 0 Å². The van der Waals surface area contributed by atoms with Crippen LogP contribution in [-0.2, 0) is 0 Å². The Morgan fingerprint density at radius 2 is 0.909 bits per heavy atom. The van der Waals surface area contributed by atoms with Gasteiger partial charge in [0.15, 0.2) is 17.5 Å². The van der Waals surface area contributed by atoms with E-state index in [0.717, 1.165) is 30.5 Å². The number of carbonyl (C=O) groups is 2. The zero-order valence-electron chi connectivity index (χ0n) is 34.0. The lowest BCUT2D eigenvalue weighted by molar-refractivity contribution is 0.0993. The quantitative estimate of drug-likeness (QED) is 0.108. The molecule has 10 aromatic rings. The summed E-state index contributed by atoms with van der Waals surface area (Å²) in [6.07, 6.45) is 5.06. The normalized spacial score (nSPS) is 11.4. The molecule has 20 heteroatoms. The van der Waals surface area contributed by atoms with E-state index in [1.165, 1.54) is 65.6 Å². The molecule has 0 saturated carbocycles. The highest BCUT2D eigenvalue weighted by molar-refractivity contribution is 6.08. The minimum Gasteiger partial charge on any atom is -0.381 e. The molecule has 0 fully saturated rings. The van der Waals surface area contributed by atoms with Gasteiger partial charge in [0.1, 0.15) is 57.0 Å². The van der Waals surface area contributed by atoms with Crippen molar-refractivity contribution in [1.29, 1.82) is 0 Å². The number of hydrogen-bond donors (Lipinski definition) is 3. The highest BCUT2D eigenvalue weighted by atomic mass is 19.2. The summed E-state index contributed by atoms with van der Waals surface area (Å²) >= 11 is 0. The number of primary amides is 2. The first-order valence-corrected chi connectivity index (χ1v) is 19.4. The third-order valence-corrected chi connectivity index (χ3v) is 10.8. The van der Waals surface area contributed by atoms with Crippen molar-refractivity contribution in [2.45, 2.75) is 13.8 Å². The second kappa shape index (κ2) is 16.1. The first-order chi connectivity index (χ1) is 31.5. The number of imidazole rings is 2. The van der Waals surface area contributed by atoms with Crippen LogP contribution in [0.1, 0.15) is 32.4 Å². The van der Waals surface area contributed by atoms with Crippen LogP contribution in [0.4, 0.5) is 36.6 Å². The van der Waals surface area contributed by atoms with Gasteiger partial charge in [0.25, 0.3) is 11.8 Å². The molecule has 2 amide bonds. The Morgan fingerprint density at radius 3 is 1.36 bits per heavy atom. The summed E-state index contributed by atoms with van der Waals surface area (Å²) in [5, 5.41) is -0.169. The standard InChI is InChI=1S/C23H13F4N5O.C23H15F3N6O/c2*1-10-31-20-13(23(28)33)8-11(12-4-6-30-22(27)19(12)26)9-17(20)32(10)16-5-7-29-21-15(25)3-2-14(24)18(16)21/h2-9H,1H3,(H2,28,33);2-9H,1H3,(H2,27,30)(H2,28,33). The summed E-state index contributed by atoms with van der Waals surface area (Å²) in [5.41, 5.74) is 18.2. The maximum Gasteiger partial charge on any atom is 0.250 e. The Hall–Kier alpha value is -8.81. The van der Waals surface area contributed by atoms with Crippen molar-refractivity contribution in [3.05, 3.63) is 161 Å². The lowest BCUT2D eigenvalue weighted by atomic mass is 10.0. The molecular formula is C46H28F7N11O2. The molecule has 0 unspecified atom stereocenters. The van der Waals surface area contributed by atoms with Crippen molar-refractivity contribution in [2.75, 3.05) is 5.73 Å². The number of pyridine rings is 4. The van der Waals surface area contributed by atoms with E-state index in [1.54, 1.807) is 24.5 Å². The predicted octanol–water partition coefficient (Wildman–Crippen LogP) is 8.64. The predicted molar refractivity (Wildman–Crippen MR) is 230 cm³/mol. The fraction of sp³-hybridized carbons (Fsp3) is 0.0435. The Balaban J connectivity index is 0.000000166. The van der Waals surface area contributed by atoms with Crippen molar-refractivity contribution >= 4 is 61.5 Å². The molecule has 6 heterocycles. The van der Waals surface area contributed by atoms with Crippen LogP contribution in [0.25, 0.3) is 77.5 Å². The summed E-state index contributed by atoms with van der Waals surface area (Å²) in [6.45, 7) is 3.24. The molecule has 0 saturated heterocycles. The molecule has 6 N–H and O–H groups in total. The lowest BCUT2D eigenvalue weighted by Crippen LogP contribution is -2.12. The second-order valence-corrected chi connectivity index (χ2v) is 14.7. The molecule has 4 aromatic carbocycles. The van der Waals surface area contributed by atoms with Gasteiger partial charge >= 0.3 is 0 Å². The minimum atomic E-state index is -1.31. The van der Waals surface area contributed by atoms with E-state index in [-0.39, 0.29) is 88.9 Å².